The summed E-state index contributed by atoms with van der Waals surface area (Å²) in [6.45, 7) is 4.42. The first-order valence-corrected chi connectivity index (χ1v) is 8.33. The second kappa shape index (κ2) is 7.55. The molecule has 5 nitrogen and oxygen atoms in total. The summed E-state index contributed by atoms with van der Waals surface area (Å²) in [5, 5.41) is 0. The van der Waals surface area contributed by atoms with Crippen LogP contribution in [-0.4, -0.2) is 65.8 Å². The molecule has 0 saturated carbocycles. The molecular weight excluding hydrogens is 314 g/mol. The normalized spacial score (nSPS) is 17.9. The van der Waals surface area contributed by atoms with Crippen molar-refractivity contribution in [2.75, 3.05) is 46.4 Å². The fraction of sp³-hybridized carbons (Fsp3) is 0.588. The van der Waals surface area contributed by atoms with Crippen molar-refractivity contribution in [3.63, 3.8) is 0 Å². The monoisotopic (exact) mass is 338 g/mol. The Morgan fingerprint density at radius 1 is 1.25 bits per heavy atom. The fourth-order valence-corrected chi connectivity index (χ4v) is 3.08. The van der Waals surface area contributed by atoms with E-state index >= 15 is 0 Å². The van der Waals surface area contributed by atoms with E-state index in [1.165, 1.54) is 0 Å². The van der Waals surface area contributed by atoms with Crippen molar-refractivity contribution in [2.45, 2.75) is 19.5 Å². The van der Waals surface area contributed by atoms with Crippen LogP contribution in [0.15, 0.2) is 24.3 Å². The predicted molar refractivity (Wildman–Crippen MR) is 89.3 cm³/mol. The van der Waals surface area contributed by atoms with E-state index in [0.717, 1.165) is 44.0 Å². The Hall–Kier alpha value is -1.57. The minimum absolute atomic E-state index is 0.188. The highest BCUT2D eigenvalue weighted by atomic mass is 19.3. The number of para-hydroxylation sites is 2. The van der Waals surface area contributed by atoms with E-state index < -0.39 is 6.55 Å². The molecule has 0 aliphatic carbocycles. The number of ether oxygens (including phenoxy) is 1. The van der Waals surface area contributed by atoms with Gasteiger partial charge in [-0.2, -0.15) is 8.78 Å². The molecule has 2 aromatic rings. The molecule has 132 valence electrons. The summed E-state index contributed by atoms with van der Waals surface area (Å²) >= 11 is 0. The second-order valence-corrected chi connectivity index (χ2v) is 6.22. The van der Waals surface area contributed by atoms with E-state index in [1.807, 2.05) is 20.0 Å². The minimum atomic E-state index is -2.59. The van der Waals surface area contributed by atoms with Crippen molar-refractivity contribution < 1.29 is 13.5 Å². The maximum atomic E-state index is 13.6. The van der Waals surface area contributed by atoms with Crippen molar-refractivity contribution in [3.8, 4) is 0 Å². The Morgan fingerprint density at radius 2 is 1.96 bits per heavy atom. The van der Waals surface area contributed by atoms with Crippen molar-refractivity contribution in [1.82, 2.24) is 19.4 Å². The summed E-state index contributed by atoms with van der Waals surface area (Å²) in [4.78, 5) is 8.87. The van der Waals surface area contributed by atoms with Gasteiger partial charge < -0.3 is 4.74 Å². The summed E-state index contributed by atoms with van der Waals surface area (Å²) in [5.74, 6) is 0.413. The lowest BCUT2D eigenvalue weighted by Gasteiger charge is -2.30. The number of halogens is 2. The molecule has 1 aliphatic heterocycles. The van der Waals surface area contributed by atoms with Crippen LogP contribution in [0.4, 0.5) is 8.78 Å². The van der Waals surface area contributed by atoms with Gasteiger partial charge in [-0.1, -0.05) is 12.1 Å². The van der Waals surface area contributed by atoms with Crippen molar-refractivity contribution in [3.05, 3.63) is 30.1 Å². The van der Waals surface area contributed by atoms with Crippen LogP contribution in [0.1, 0.15) is 25.3 Å². The third-order valence-electron chi connectivity index (χ3n) is 4.73. The number of hydrogen-bond acceptors (Lipinski definition) is 4. The molecule has 0 spiro atoms. The van der Waals surface area contributed by atoms with Gasteiger partial charge in [0.25, 0.3) is 0 Å². The maximum absolute atomic E-state index is 13.6. The van der Waals surface area contributed by atoms with Crippen LogP contribution in [0, 0.1) is 0 Å². The van der Waals surface area contributed by atoms with Crippen LogP contribution in [0.5, 0.6) is 0 Å². The zero-order valence-corrected chi connectivity index (χ0v) is 14.2. The van der Waals surface area contributed by atoms with Gasteiger partial charge in [-0.15, -0.1) is 0 Å². The van der Waals surface area contributed by atoms with Crippen LogP contribution >= 0.6 is 0 Å². The van der Waals surface area contributed by atoms with Crippen LogP contribution in [-0.2, 0) is 4.74 Å². The predicted octanol–water partition coefficient (Wildman–Crippen LogP) is 2.76. The molecule has 0 bridgehead atoms. The summed E-state index contributed by atoms with van der Waals surface area (Å²) in [5.41, 5.74) is 1.09. The number of rotatable bonds is 6. The van der Waals surface area contributed by atoms with E-state index in [9.17, 15) is 8.78 Å². The van der Waals surface area contributed by atoms with Gasteiger partial charge in [-0.3, -0.25) is 14.4 Å². The first-order valence-electron chi connectivity index (χ1n) is 8.33. The van der Waals surface area contributed by atoms with Gasteiger partial charge in [0, 0.05) is 26.2 Å². The molecule has 0 amide bonds. The molecule has 1 aliphatic rings. The largest absolute Gasteiger partial charge is 0.379 e. The zero-order valence-electron chi connectivity index (χ0n) is 14.2. The third kappa shape index (κ3) is 3.58. The van der Waals surface area contributed by atoms with Gasteiger partial charge in [0.2, 0.25) is 0 Å². The zero-order chi connectivity index (χ0) is 17.1. The van der Waals surface area contributed by atoms with Crippen molar-refractivity contribution in [1.29, 1.82) is 0 Å². The number of likely N-dealkylation sites (N-methyl/N-ethyl adjacent to an activating group) is 1. The molecule has 3 rings (SSSR count). The molecule has 7 heteroatoms. The van der Waals surface area contributed by atoms with E-state index in [2.05, 4.69) is 14.8 Å². The number of benzene rings is 1. The van der Waals surface area contributed by atoms with E-state index in [4.69, 9.17) is 4.74 Å². The van der Waals surface area contributed by atoms with Gasteiger partial charge in [0.05, 0.1) is 30.3 Å². The highest BCUT2D eigenvalue weighted by molar-refractivity contribution is 5.76. The van der Waals surface area contributed by atoms with Gasteiger partial charge >= 0.3 is 6.55 Å². The molecule has 0 N–H and O–H groups in total. The molecule has 1 fully saturated rings. The molecule has 24 heavy (non-hydrogen) atoms. The molecule has 1 aromatic carbocycles. The lowest BCUT2D eigenvalue weighted by atomic mass is 10.2. The lowest BCUT2D eigenvalue weighted by molar-refractivity contribution is 0.0317. The molecule has 1 saturated heterocycles. The molecule has 0 radical (unpaired) electrons. The fourth-order valence-electron chi connectivity index (χ4n) is 3.08. The summed E-state index contributed by atoms with van der Waals surface area (Å²) < 4.78 is 33.5. The Bertz CT molecular complexity index is 670. The number of alkyl halides is 2. The first-order chi connectivity index (χ1) is 11.6. The smallest absolute Gasteiger partial charge is 0.320 e. The number of imidazole rings is 1. The number of morpholine rings is 1. The van der Waals surface area contributed by atoms with Crippen LogP contribution < -0.4 is 0 Å². The SMILES string of the molecule is C[C@H](c1nc2ccccc2n1C(F)F)N(C)CCN1CCOCC1. The molecule has 1 aromatic heterocycles. The summed E-state index contributed by atoms with van der Waals surface area (Å²) in [7, 11) is 1.96. The molecule has 0 unspecified atom stereocenters. The second-order valence-electron chi connectivity index (χ2n) is 6.22. The Labute approximate surface area is 140 Å². The van der Waals surface area contributed by atoms with E-state index in [1.54, 1.807) is 18.2 Å². The summed E-state index contributed by atoms with van der Waals surface area (Å²) in [6.07, 6.45) is 0. The Kier molecular flexibility index (Phi) is 5.43. The van der Waals surface area contributed by atoms with Crippen LogP contribution in [0.3, 0.4) is 0 Å². The highest BCUT2D eigenvalue weighted by Crippen LogP contribution is 2.28. The number of aromatic nitrogens is 2. The molecule has 1 atom stereocenters. The number of nitrogens with zero attached hydrogens (tertiary/aromatic N) is 4. The van der Waals surface area contributed by atoms with E-state index in [-0.39, 0.29) is 6.04 Å². The van der Waals surface area contributed by atoms with Gasteiger partial charge in [-0.25, -0.2) is 4.98 Å². The highest BCUT2D eigenvalue weighted by Gasteiger charge is 2.24. The summed E-state index contributed by atoms with van der Waals surface area (Å²) in [6, 6.07) is 6.87. The topological polar surface area (TPSA) is 33.5 Å². The average molecular weight is 338 g/mol. The lowest BCUT2D eigenvalue weighted by Crippen LogP contribution is -2.41. The Balaban J connectivity index is 1.74. The van der Waals surface area contributed by atoms with Gasteiger partial charge in [0.1, 0.15) is 5.82 Å². The molecular formula is C17H24F2N4O. The van der Waals surface area contributed by atoms with Crippen LogP contribution in [0.2, 0.25) is 0 Å². The van der Waals surface area contributed by atoms with E-state index in [0.29, 0.717) is 16.9 Å². The van der Waals surface area contributed by atoms with Crippen molar-refractivity contribution >= 4 is 11.0 Å². The minimum Gasteiger partial charge on any atom is -0.379 e. The third-order valence-corrected chi connectivity index (χ3v) is 4.73. The van der Waals surface area contributed by atoms with Gasteiger partial charge in [0.15, 0.2) is 0 Å². The standard InChI is InChI=1S/C17H24F2N4O/c1-13(21(2)7-8-22-9-11-24-12-10-22)16-20-14-5-3-4-6-15(14)23(16)17(18)19/h3-6,13,17H,7-12H2,1-2H3/t13-/m1/s1. The van der Waals surface area contributed by atoms with Crippen molar-refractivity contribution in [2.24, 2.45) is 0 Å². The maximum Gasteiger partial charge on any atom is 0.320 e. The quantitative estimate of drug-likeness (QED) is 0.811. The average Bonchev–Trinajstić information content (AvgIpc) is 2.99. The number of hydrogen-bond donors (Lipinski definition) is 0. The Morgan fingerprint density at radius 3 is 2.67 bits per heavy atom. The van der Waals surface area contributed by atoms with Gasteiger partial charge in [-0.05, 0) is 26.1 Å². The molecule has 2 heterocycles. The number of fused-ring (bicyclic) bond motifs is 1. The van der Waals surface area contributed by atoms with Crippen LogP contribution in [0.25, 0.3) is 11.0 Å². The first kappa shape index (κ1) is 17.3.